The lowest BCUT2D eigenvalue weighted by Crippen LogP contribution is -2.34. The summed E-state index contributed by atoms with van der Waals surface area (Å²) in [5, 5.41) is 11.1. The molecule has 0 spiro atoms. The second kappa shape index (κ2) is 5.61. The van der Waals surface area contributed by atoms with Crippen molar-refractivity contribution in [3.05, 3.63) is 0 Å². The summed E-state index contributed by atoms with van der Waals surface area (Å²) in [6.07, 6.45) is -3.35. The van der Waals surface area contributed by atoms with E-state index in [0.29, 0.717) is 12.5 Å². The van der Waals surface area contributed by atoms with Gasteiger partial charge in [-0.1, -0.05) is 0 Å². The van der Waals surface area contributed by atoms with E-state index in [1.165, 1.54) is 6.07 Å². The van der Waals surface area contributed by atoms with E-state index in [-0.39, 0.29) is 6.54 Å². The van der Waals surface area contributed by atoms with Gasteiger partial charge in [0.15, 0.2) is 5.92 Å². The molecule has 0 saturated carbocycles. The summed E-state index contributed by atoms with van der Waals surface area (Å²) in [6.45, 7) is 0.294. The maximum Gasteiger partial charge on any atom is 0.405 e. The molecule has 1 fully saturated rings. The predicted molar refractivity (Wildman–Crippen MR) is 53.5 cm³/mol. The Morgan fingerprint density at radius 3 is 2.73 bits per heavy atom. The highest BCUT2D eigenvalue weighted by atomic mass is 32.2. The summed E-state index contributed by atoms with van der Waals surface area (Å²) in [7, 11) is 0. The molecular formula is C9H13F3N2S. The second-order valence-corrected chi connectivity index (χ2v) is 4.76. The van der Waals surface area contributed by atoms with E-state index in [4.69, 9.17) is 5.26 Å². The fourth-order valence-corrected chi connectivity index (χ4v) is 2.70. The second-order valence-electron chi connectivity index (χ2n) is 3.61. The third-order valence-electron chi connectivity index (χ3n) is 2.36. The predicted octanol–water partition coefficient (Wildman–Crippen LogP) is 2.03. The molecule has 2 nitrogen and oxygen atoms in total. The number of hydrogen-bond acceptors (Lipinski definition) is 3. The van der Waals surface area contributed by atoms with Crippen LogP contribution in [0.15, 0.2) is 0 Å². The third kappa shape index (κ3) is 4.31. The average molecular weight is 238 g/mol. The van der Waals surface area contributed by atoms with Crippen molar-refractivity contribution >= 4 is 11.8 Å². The Morgan fingerprint density at radius 1 is 1.53 bits per heavy atom. The topological polar surface area (TPSA) is 35.8 Å². The number of rotatable bonds is 4. The van der Waals surface area contributed by atoms with Gasteiger partial charge in [0, 0.05) is 6.54 Å². The van der Waals surface area contributed by atoms with Gasteiger partial charge < -0.3 is 5.32 Å². The Bertz CT molecular complexity index is 230. The summed E-state index contributed by atoms with van der Waals surface area (Å²) in [6, 6.07) is 1.27. The van der Waals surface area contributed by atoms with Crippen LogP contribution in [0, 0.1) is 23.2 Å². The van der Waals surface area contributed by atoms with Crippen LogP contribution >= 0.6 is 11.8 Å². The Hall–Kier alpha value is -0.410. The van der Waals surface area contributed by atoms with Crippen LogP contribution in [0.25, 0.3) is 0 Å². The quantitative estimate of drug-likeness (QED) is 0.814. The van der Waals surface area contributed by atoms with Crippen LogP contribution in [0.2, 0.25) is 0 Å². The van der Waals surface area contributed by atoms with E-state index in [0.717, 1.165) is 17.9 Å². The monoisotopic (exact) mass is 238 g/mol. The van der Waals surface area contributed by atoms with Gasteiger partial charge in [-0.2, -0.15) is 30.2 Å². The molecule has 15 heavy (non-hydrogen) atoms. The fraction of sp³-hybridized carbons (Fsp3) is 0.889. The molecule has 0 bridgehead atoms. The van der Waals surface area contributed by atoms with E-state index < -0.39 is 12.1 Å². The van der Waals surface area contributed by atoms with Crippen molar-refractivity contribution in [2.45, 2.75) is 12.6 Å². The van der Waals surface area contributed by atoms with E-state index in [9.17, 15) is 13.2 Å². The van der Waals surface area contributed by atoms with Crippen LogP contribution in [-0.2, 0) is 0 Å². The molecule has 2 atom stereocenters. The van der Waals surface area contributed by atoms with Gasteiger partial charge in [0.25, 0.3) is 0 Å². The van der Waals surface area contributed by atoms with Gasteiger partial charge in [-0.3, -0.25) is 0 Å². The zero-order valence-corrected chi connectivity index (χ0v) is 9.00. The van der Waals surface area contributed by atoms with Crippen LogP contribution in [0.5, 0.6) is 0 Å². The number of halogens is 3. The molecule has 0 aromatic rings. The molecule has 2 unspecified atom stereocenters. The molecule has 0 amide bonds. The molecule has 1 saturated heterocycles. The summed E-state index contributed by atoms with van der Waals surface area (Å²) < 4.78 is 36.5. The molecule has 1 rings (SSSR count). The normalized spacial score (nSPS) is 23.7. The van der Waals surface area contributed by atoms with E-state index in [1.807, 2.05) is 11.8 Å². The van der Waals surface area contributed by atoms with Crippen molar-refractivity contribution in [1.82, 2.24) is 5.32 Å². The van der Waals surface area contributed by atoms with Crippen LogP contribution < -0.4 is 5.32 Å². The van der Waals surface area contributed by atoms with Gasteiger partial charge in [-0.05, 0) is 30.4 Å². The van der Waals surface area contributed by atoms with Crippen LogP contribution in [-0.4, -0.2) is 30.8 Å². The van der Waals surface area contributed by atoms with Crippen molar-refractivity contribution in [3.63, 3.8) is 0 Å². The number of hydrogen-bond donors (Lipinski definition) is 1. The molecule has 1 heterocycles. The van der Waals surface area contributed by atoms with Crippen molar-refractivity contribution < 1.29 is 13.2 Å². The molecule has 6 heteroatoms. The lowest BCUT2D eigenvalue weighted by atomic mass is 10.1. The molecule has 1 N–H and O–H groups in total. The number of nitrogens with zero attached hydrogens (tertiary/aromatic N) is 1. The first kappa shape index (κ1) is 12.7. The molecular weight excluding hydrogens is 225 g/mol. The molecule has 0 aliphatic carbocycles. The van der Waals surface area contributed by atoms with Crippen molar-refractivity contribution in [3.8, 4) is 6.07 Å². The highest BCUT2D eigenvalue weighted by molar-refractivity contribution is 7.99. The average Bonchev–Trinajstić information content (AvgIpc) is 2.62. The number of nitrogens with one attached hydrogen (secondary N) is 1. The highest BCUT2D eigenvalue weighted by Crippen LogP contribution is 2.25. The zero-order valence-electron chi connectivity index (χ0n) is 8.18. The maximum atomic E-state index is 12.2. The van der Waals surface area contributed by atoms with E-state index in [1.54, 1.807) is 0 Å². The molecule has 0 aromatic carbocycles. The molecule has 0 radical (unpaired) electrons. The lowest BCUT2D eigenvalue weighted by molar-refractivity contribution is -0.157. The fourth-order valence-electron chi connectivity index (χ4n) is 1.41. The summed E-state index contributed by atoms with van der Waals surface area (Å²) >= 11 is 1.83. The van der Waals surface area contributed by atoms with Crippen LogP contribution in [0.3, 0.4) is 0 Å². The molecule has 1 aliphatic rings. The summed E-state index contributed by atoms with van der Waals surface area (Å²) in [5.74, 6) is 0.679. The van der Waals surface area contributed by atoms with Crippen LogP contribution in [0.4, 0.5) is 13.2 Å². The number of alkyl halides is 3. The standard InChI is InChI=1S/C9H13F3N2S/c10-9(11,12)8(3-13)5-14-4-7-1-2-15-6-7/h7-8,14H,1-2,4-6H2. The molecule has 86 valence electrons. The first-order valence-electron chi connectivity index (χ1n) is 4.79. The van der Waals surface area contributed by atoms with E-state index >= 15 is 0 Å². The van der Waals surface area contributed by atoms with Crippen LogP contribution in [0.1, 0.15) is 6.42 Å². The highest BCUT2D eigenvalue weighted by Gasteiger charge is 2.39. The molecule has 1 aliphatic heterocycles. The largest absolute Gasteiger partial charge is 0.405 e. The Labute approximate surface area is 91.2 Å². The van der Waals surface area contributed by atoms with Gasteiger partial charge in [0.1, 0.15) is 0 Å². The van der Waals surface area contributed by atoms with Crippen molar-refractivity contribution in [2.75, 3.05) is 24.6 Å². The van der Waals surface area contributed by atoms with E-state index in [2.05, 4.69) is 5.32 Å². The summed E-state index contributed by atoms with van der Waals surface area (Å²) in [4.78, 5) is 0. The van der Waals surface area contributed by atoms with Crippen molar-refractivity contribution in [2.24, 2.45) is 11.8 Å². The Morgan fingerprint density at radius 2 is 2.27 bits per heavy atom. The lowest BCUT2D eigenvalue weighted by Gasteiger charge is -2.15. The number of thioether (sulfide) groups is 1. The minimum absolute atomic E-state index is 0.291. The zero-order chi connectivity index (χ0) is 11.3. The first-order valence-corrected chi connectivity index (χ1v) is 5.94. The summed E-state index contributed by atoms with van der Waals surface area (Å²) in [5.41, 5.74) is 0. The minimum atomic E-state index is -4.41. The van der Waals surface area contributed by atoms with Gasteiger partial charge >= 0.3 is 6.18 Å². The van der Waals surface area contributed by atoms with Gasteiger partial charge in [0.2, 0.25) is 0 Å². The number of nitriles is 1. The van der Waals surface area contributed by atoms with Gasteiger partial charge in [-0.25, -0.2) is 0 Å². The first-order chi connectivity index (χ1) is 7.04. The Balaban J connectivity index is 2.20. The SMILES string of the molecule is N#CC(CNCC1CCSC1)C(F)(F)F. The Kier molecular flexibility index (Phi) is 4.74. The smallest absolute Gasteiger partial charge is 0.315 e. The van der Waals surface area contributed by atoms with Gasteiger partial charge in [0.05, 0.1) is 6.07 Å². The maximum absolute atomic E-state index is 12.2. The minimum Gasteiger partial charge on any atom is -0.315 e. The van der Waals surface area contributed by atoms with Gasteiger partial charge in [-0.15, -0.1) is 0 Å². The third-order valence-corrected chi connectivity index (χ3v) is 3.59. The molecule has 0 aromatic heterocycles. The van der Waals surface area contributed by atoms with Crippen molar-refractivity contribution in [1.29, 1.82) is 5.26 Å².